The van der Waals surface area contributed by atoms with Crippen LogP contribution < -0.4 is 4.74 Å². The lowest BCUT2D eigenvalue weighted by Crippen LogP contribution is -2.06. The van der Waals surface area contributed by atoms with E-state index in [9.17, 15) is 5.11 Å². The van der Waals surface area contributed by atoms with E-state index in [0.29, 0.717) is 13.0 Å². The Morgan fingerprint density at radius 3 is 2.45 bits per heavy atom. The molecule has 0 heterocycles. The molecule has 0 saturated heterocycles. The minimum atomic E-state index is -0.470. The van der Waals surface area contributed by atoms with E-state index in [1.165, 1.54) is 16.7 Å². The first kappa shape index (κ1) is 14.6. The van der Waals surface area contributed by atoms with Crippen molar-refractivity contribution in [1.29, 1.82) is 0 Å². The molecule has 0 aliphatic rings. The van der Waals surface area contributed by atoms with Gasteiger partial charge in [-0.15, -0.1) is 0 Å². The molecule has 0 aromatic heterocycles. The van der Waals surface area contributed by atoms with E-state index in [2.05, 4.69) is 32.9 Å². The van der Waals surface area contributed by atoms with Crippen molar-refractivity contribution in [2.45, 2.75) is 33.3 Å². The van der Waals surface area contributed by atoms with E-state index in [1.54, 1.807) is 0 Å². The van der Waals surface area contributed by atoms with Crippen molar-refractivity contribution in [1.82, 2.24) is 0 Å². The topological polar surface area (TPSA) is 29.5 Å². The summed E-state index contributed by atoms with van der Waals surface area (Å²) in [6, 6.07) is 13.9. The van der Waals surface area contributed by atoms with Crippen molar-refractivity contribution in [3.63, 3.8) is 0 Å². The Hall–Kier alpha value is -1.80. The van der Waals surface area contributed by atoms with Gasteiger partial charge in [-0.2, -0.15) is 0 Å². The summed E-state index contributed by atoms with van der Waals surface area (Å²) in [4.78, 5) is 0. The van der Waals surface area contributed by atoms with E-state index in [1.807, 2.05) is 30.3 Å². The second-order valence-corrected chi connectivity index (χ2v) is 5.27. The maximum atomic E-state index is 10.1. The fourth-order valence-corrected chi connectivity index (χ4v) is 2.27. The smallest absolute Gasteiger partial charge is 0.122 e. The van der Waals surface area contributed by atoms with Crippen LogP contribution in [0, 0.1) is 20.8 Å². The number of aliphatic hydroxyl groups excluding tert-OH is 1. The van der Waals surface area contributed by atoms with Crippen molar-refractivity contribution in [2.24, 2.45) is 0 Å². The van der Waals surface area contributed by atoms with Crippen LogP contribution in [0.2, 0.25) is 0 Å². The van der Waals surface area contributed by atoms with Crippen LogP contribution in [0.25, 0.3) is 0 Å². The van der Waals surface area contributed by atoms with Crippen LogP contribution in [0.5, 0.6) is 5.75 Å². The summed E-state index contributed by atoms with van der Waals surface area (Å²) in [5.74, 6) is 0.919. The molecule has 2 heteroatoms. The fourth-order valence-electron chi connectivity index (χ4n) is 2.27. The van der Waals surface area contributed by atoms with Gasteiger partial charge in [0.25, 0.3) is 0 Å². The summed E-state index contributed by atoms with van der Waals surface area (Å²) in [6.45, 7) is 6.74. The molecule has 0 radical (unpaired) electrons. The lowest BCUT2D eigenvalue weighted by Gasteiger charge is -2.15. The molecule has 106 valence electrons. The Balaban J connectivity index is 1.93. The van der Waals surface area contributed by atoms with Crippen LogP contribution in [-0.2, 0) is 0 Å². The Kier molecular flexibility index (Phi) is 4.80. The number of rotatable bonds is 5. The standard InChI is InChI=1S/C18H22O2/c1-13-11-14(2)15(3)18(12-13)20-10-9-17(19)16-7-5-4-6-8-16/h4-8,11-12,17,19H,9-10H2,1-3H3. The third-order valence-electron chi connectivity index (χ3n) is 3.60. The quantitative estimate of drug-likeness (QED) is 0.885. The normalized spacial score (nSPS) is 12.2. The molecule has 0 bridgehead atoms. The highest BCUT2D eigenvalue weighted by atomic mass is 16.5. The first-order chi connectivity index (χ1) is 9.58. The van der Waals surface area contributed by atoms with Crippen LogP contribution in [0.15, 0.2) is 42.5 Å². The molecular weight excluding hydrogens is 248 g/mol. The monoisotopic (exact) mass is 270 g/mol. The Labute approximate surface area is 121 Å². The number of aryl methyl sites for hydroxylation is 2. The van der Waals surface area contributed by atoms with Gasteiger partial charge in [-0.3, -0.25) is 0 Å². The summed E-state index contributed by atoms with van der Waals surface area (Å²) in [5, 5.41) is 10.1. The van der Waals surface area contributed by atoms with Crippen LogP contribution in [-0.4, -0.2) is 11.7 Å². The zero-order valence-electron chi connectivity index (χ0n) is 12.4. The zero-order valence-corrected chi connectivity index (χ0v) is 12.4. The van der Waals surface area contributed by atoms with Crippen molar-refractivity contribution in [2.75, 3.05) is 6.61 Å². The molecule has 1 atom stereocenters. The molecule has 2 aromatic carbocycles. The van der Waals surface area contributed by atoms with Gasteiger partial charge in [0.05, 0.1) is 12.7 Å². The van der Waals surface area contributed by atoms with Crippen molar-refractivity contribution < 1.29 is 9.84 Å². The molecule has 2 rings (SSSR count). The fraction of sp³-hybridized carbons (Fsp3) is 0.333. The highest BCUT2D eigenvalue weighted by molar-refractivity contribution is 5.41. The van der Waals surface area contributed by atoms with Gasteiger partial charge in [0.1, 0.15) is 5.75 Å². The van der Waals surface area contributed by atoms with Crippen molar-refractivity contribution >= 4 is 0 Å². The highest BCUT2D eigenvalue weighted by Gasteiger charge is 2.08. The lowest BCUT2D eigenvalue weighted by atomic mass is 10.1. The number of aliphatic hydroxyl groups is 1. The minimum Gasteiger partial charge on any atom is -0.493 e. The summed E-state index contributed by atoms with van der Waals surface area (Å²) in [6.07, 6.45) is 0.124. The minimum absolute atomic E-state index is 0.470. The van der Waals surface area contributed by atoms with Gasteiger partial charge in [0.2, 0.25) is 0 Å². The Bertz CT molecular complexity index is 561. The summed E-state index contributed by atoms with van der Waals surface area (Å²) >= 11 is 0. The van der Waals surface area contributed by atoms with Gasteiger partial charge in [0, 0.05) is 6.42 Å². The third kappa shape index (κ3) is 3.61. The first-order valence-electron chi connectivity index (χ1n) is 7.01. The summed E-state index contributed by atoms with van der Waals surface area (Å²) in [5.41, 5.74) is 4.55. The molecule has 1 unspecified atom stereocenters. The van der Waals surface area contributed by atoms with E-state index in [-0.39, 0.29) is 0 Å². The highest BCUT2D eigenvalue weighted by Crippen LogP contribution is 2.24. The molecule has 0 spiro atoms. The first-order valence-corrected chi connectivity index (χ1v) is 7.01. The summed E-state index contributed by atoms with van der Waals surface area (Å²) in [7, 11) is 0. The van der Waals surface area contributed by atoms with Gasteiger partial charge in [0.15, 0.2) is 0 Å². The number of hydrogen-bond donors (Lipinski definition) is 1. The molecule has 0 amide bonds. The largest absolute Gasteiger partial charge is 0.493 e. The lowest BCUT2D eigenvalue weighted by molar-refractivity contribution is 0.140. The summed E-state index contributed by atoms with van der Waals surface area (Å²) < 4.78 is 5.83. The Morgan fingerprint density at radius 1 is 1.05 bits per heavy atom. The second kappa shape index (κ2) is 6.58. The maximum absolute atomic E-state index is 10.1. The molecule has 0 aliphatic carbocycles. The van der Waals surface area contributed by atoms with Gasteiger partial charge >= 0.3 is 0 Å². The molecule has 2 nitrogen and oxygen atoms in total. The van der Waals surface area contributed by atoms with Crippen molar-refractivity contribution in [3.8, 4) is 5.75 Å². The number of ether oxygens (including phenoxy) is 1. The Morgan fingerprint density at radius 2 is 1.75 bits per heavy atom. The molecule has 20 heavy (non-hydrogen) atoms. The van der Waals surface area contributed by atoms with E-state index in [4.69, 9.17) is 4.74 Å². The van der Waals surface area contributed by atoms with Gasteiger partial charge in [-0.05, 0) is 49.1 Å². The molecular formula is C18H22O2. The molecule has 1 N–H and O–H groups in total. The van der Waals surface area contributed by atoms with Crippen LogP contribution in [0.4, 0.5) is 0 Å². The van der Waals surface area contributed by atoms with Gasteiger partial charge in [-0.25, -0.2) is 0 Å². The van der Waals surface area contributed by atoms with E-state index in [0.717, 1.165) is 11.3 Å². The third-order valence-corrected chi connectivity index (χ3v) is 3.60. The average Bonchev–Trinajstić information content (AvgIpc) is 2.44. The van der Waals surface area contributed by atoms with E-state index >= 15 is 0 Å². The molecule has 2 aromatic rings. The van der Waals surface area contributed by atoms with Crippen LogP contribution >= 0.6 is 0 Å². The number of hydrogen-bond acceptors (Lipinski definition) is 2. The molecule has 0 saturated carbocycles. The van der Waals surface area contributed by atoms with Crippen LogP contribution in [0.1, 0.15) is 34.8 Å². The van der Waals surface area contributed by atoms with Gasteiger partial charge < -0.3 is 9.84 Å². The van der Waals surface area contributed by atoms with Crippen LogP contribution in [0.3, 0.4) is 0 Å². The second-order valence-electron chi connectivity index (χ2n) is 5.27. The average molecular weight is 270 g/mol. The molecule has 0 fully saturated rings. The van der Waals surface area contributed by atoms with E-state index < -0.39 is 6.10 Å². The SMILES string of the molecule is Cc1cc(C)c(C)c(OCCC(O)c2ccccc2)c1. The molecule has 0 aliphatic heterocycles. The maximum Gasteiger partial charge on any atom is 0.122 e. The predicted molar refractivity (Wildman–Crippen MR) is 82.2 cm³/mol. The zero-order chi connectivity index (χ0) is 14.5. The van der Waals surface area contributed by atoms with Crippen molar-refractivity contribution in [3.05, 3.63) is 64.7 Å². The van der Waals surface area contributed by atoms with Gasteiger partial charge in [-0.1, -0.05) is 36.4 Å². The number of benzene rings is 2. The predicted octanol–water partition coefficient (Wildman–Crippen LogP) is 4.11.